The number of piperazine rings is 3. The van der Waals surface area contributed by atoms with Crippen molar-refractivity contribution in [1.29, 1.82) is 0 Å². The fourth-order valence-corrected chi connectivity index (χ4v) is 3.09. The molecule has 5 nitrogen and oxygen atoms in total. The summed E-state index contributed by atoms with van der Waals surface area (Å²) in [6.07, 6.45) is 1.86. The van der Waals surface area contributed by atoms with Crippen LogP contribution >= 0.6 is 0 Å². The maximum atomic E-state index is 6.45. The van der Waals surface area contributed by atoms with E-state index < -0.39 is 0 Å². The summed E-state index contributed by atoms with van der Waals surface area (Å²) in [6, 6.07) is 2.60. The summed E-state index contributed by atoms with van der Waals surface area (Å²) in [6.45, 7) is 8.85. The molecule has 0 spiro atoms. The van der Waals surface area contributed by atoms with Crippen molar-refractivity contribution in [3.05, 3.63) is 18.0 Å². The van der Waals surface area contributed by atoms with Crippen molar-refractivity contribution < 1.29 is 0 Å². The zero-order valence-corrected chi connectivity index (χ0v) is 10.4. The summed E-state index contributed by atoms with van der Waals surface area (Å²) in [5.74, 6) is 0. The van der Waals surface area contributed by atoms with Crippen LogP contribution in [-0.2, 0) is 6.54 Å². The molecule has 5 heteroatoms. The van der Waals surface area contributed by atoms with Gasteiger partial charge in [0.1, 0.15) is 0 Å². The van der Waals surface area contributed by atoms with Crippen LogP contribution in [0.1, 0.15) is 18.7 Å². The van der Waals surface area contributed by atoms with E-state index >= 15 is 0 Å². The molecule has 1 aromatic rings. The van der Waals surface area contributed by atoms with Gasteiger partial charge in [-0.3, -0.25) is 14.5 Å². The monoisotopic (exact) mass is 235 g/mol. The number of aromatic nitrogens is 2. The average molecular weight is 235 g/mol. The number of rotatable bonds is 3. The number of nitrogens with two attached hydrogens (primary N) is 1. The van der Waals surface area contributed by atoms with Gasteiger partial charge in [-0.05, 0) is 13.0 Å². The van der Waals surface area contributed by atoms with Crippen LogP contribution in [-0.4, -0.2) is 58.3 Å². The molecule has 1 aromatic heterocycles. The Hall–Kier alpha value is -0.910. The Balaban J connectivity index is 1.80. The minimum Gasteiger partial charge on any atom is -0.321 e. The summed E-state index contributed by atoms with van der Waals surface area (Å²) in [4.78, 5) is 5.06. The van der Waals surface area contributed by atoms with Gasteiger partial charge in [-0.1, -0.05) is 0 Å². The first-order valence-electron chi connectivity index (χ1n) is 6.53. The van der Waals surface area contributed by atoms with Gasteiger partial charge >= 0.3 is 0 Å². The van der Waals surface area contributed by atoms with Crippen LogP contribution in [0.3, 0.4) is 0 Å². The van der Waals surface area contributed by atoms with Gasteiger partial charge in [0.2, 0.25) is 0 Å². The van der Waals surface area contributed by atoms with Crippen LogP contribution in [0.4, 0.5) is 0 Å². The zero-order chi connectivity index (χ0) is 11.8. The molecule has 0 saturated carbocycles. The van der Waals surface area contributed by atoms with E-state index in [2.05, 4.69) is 27.9 Å². The lowest BCUT2D eigenvalue weighted by Crippen LogP contribution is -2.63. The zero-order valence-electron chi connectivity index (χ0n) is 10.4. The number of fused-ring (bicyclic) bond motifs is 3. The topological polar surface area (TPSA) is 50.3 Å². The largest absolute Gasteiger partial charge is 0.321 e. The first-order chi connectivity index (χ1) is 8.29. The molecule has 2 bridgehead atoms. The molecule has 0 radical (unpaired) electrons. The minimum absolute atomic E-state index is 0.0838. The second-order valence-electron chi connectivity index (χ2n) is 5.00. The molecule has 4 heterocycles. The highest BCUT2D eigenvalue weighted by atomic mass is 15.4. The minimum atomic E-state index is 0.0838. The van der Waals surface area contributed by atoms with Crippen molar-refractivity contribution in [3.63, 3.8) is 0 Å². The molecule has 3 aliphatic heterocycles. The van der Waals surface area contributed by atoms with Crippen molar-refractivity contribution >= 4 is 0 Å². The quantitative estimate of drug-likeness (QED) is 0.795. The summed E-state index contributed by atoms with van der Waals surface area (Å²) < 4.78 is 2.02. The van der Waals surface area contributed by atoms with E-state index in [1.54, 1.807) is 0 Å². The Bertz CT molecular complexity index is 380. The van der Waals surface area contributed by atoms with Crippen LogP contribution in [0.15, 0.2) is 12.3 Å². The normalized spacial score (nSPS) is 33.9. The fourth-order valence-electron chi connectivity index (χ4n) is 3.09. The smallest absolute Gasteiger partial charge is 0.0637 e. The van der Waals surface area contributed by atoms with Gasteiger partial charge in [0.05, 0.1) is 11.7 Å². The lowest BCUT2D eigenvalue weighted by atomic mass is 9.98. The molecule has 0 aromatic carbocycles. The first-order valence-corrected chi connectivity index (χ1v) is 6.53. The average Bonchev–Trinajstić information content (AvgIpc) is 2.87. The van der Waals surface area contributed by atoms with Crippen molar-refractivity contribution in [2.75, 3.05) is 32.7 Å². The molecule has 2 N–H and O–H groups in total. The van der Waals surface area contributed by atoms with Crippen LogP contribution in [0.5, 0.6) is 0 Å². The summed E-state index contributed by atoms with van der Waals surface area (Å²) in [5.41, 5.74) is 7.62. The maximum Gasteiger partial charge on any atom is 0.0637 e. The molecule has 94 valence electrons. The van der Waals surface area contributed by atoms with Crippen molar-refractivity contribution in [3.8, 4) is 0 Å². The molecule has 0 amide bonds. The van der Waals surface area contributed by atoms with Gasteiger partial charge in [0, 0.05) is 51.5 Å². The van der Waals surface area contributed by atoms with E-state index in [4.69, 9.17) is 5.73 Å². The molecule has 3 saturated heterocycles. The van der Waals surface area contributed by atoms with Gasteiger partial charge in [-0.15, -0.1) is 0 Å². The Morgan fingerprint density at radius 1 is 1.41 bits per heavy atom. The van der Waals surface area contributed by atoms with Crippen molar-refractivity contribution in [1.82, 2.24) is 19.6 Å². The summed E-state index contributed by atoms with van der Waals surface area (Å²) >= 11 is 0. The van der Waals surface area contributed by atoms with E-state index in [9.17, 15) is 0 Å². The highest BCUT2D eigenvalue weighted by Gasteiger charge is 2.36. The third kappa shape index (κ3) is 1.88. The van der Waals surface area contributed by atoms with Crippen molar-refractivity contribution in [2.45, 2.75) is 25.6 Å². The third-order valence-electron chi connectivity index (χ3n) is 4.13. The Morgan fingerprint density at radius 2 is 2.18 bits per heavy atom. The number of hydrogen-bond donors (Lipinski definition) is 1. The SMILES string of the molecule is CCn1nccc1C(N)C1CN2CCN1CC2. The van der Waals surface area contributed by atoms with E-state index in [0.717, 1.165) is 13.1 Å². The predicted molar refractivity (Wildman–Crippen MR) is 66.6 cm³/mol. The Labute approximate surface area is 102 Å². The number of nitrogens with zero attached hydrogens (tertiary/aromatic N) is 4. The van der Waals surface area contributed by atoms with Gasteiger partial charge in [-0.2, -0.15) is 5.10 Å². The molecule has 17 heavy (non-hydrogen) atoms. The molecule has 2 unspecified atom stereocenters. The van der Waals surface area contributed by atoms with Crippen LogP contribution in [0.25, 0.3) is 0 Å². The van der Waals surface area contributed by atoms with E-state index in [0.29, 0.717) is 6.04 Å². The predicted octanol–water partition coefficient (Wildman–Crippen LogP) is -0.0974. The molecular weight excluding hydrogens is 214 g/mol. The van der Waals surface area contributed by atoms with Gasteiger partial charge < -0.3 is 5.73 Å². The lowest BCUT2D eigenvalue weighted by molar-refractivity contribution is 0.00103. The molecule has 3 aliphatic rings. The third-order valence-corrected chi connectivity index (χ3v) is 4.13. The molecule has 2 atom stereocenters. The highest BCUT2D eigenvalue weighted by Crippen LogP contribution is 2.25. The molecule has 3 fully saturated rings. The second kappa shape index (κ2) is 4.40. The fraction of sp³-hybridized carbons (Fsp3) is 0.750. The van der Waals surface area contributed by atoms with Crippen LogP contribution in [0, 0.1) is 0 Å². The van der Waals surface area contributed by atoms with Crippen LogP contribution < -0.4 is 5.73 Å². The highest BCUT2D eigenvalue weighted by molar-refractivity contribution is 5.11. The van der Waals surface area contributed by atoms with Gasteiger partial charge in [0.25, 0.3) is 0 Å². The van der Waals surface area contributed by atoms with E-state index in [-0.39, 0.29) is 6.04 Å². The van der Waals surface area contributed by atoms with E-state index in [1.165, 1.54) is 31.9 Å². The second-order valence-corrected chi connectivity index (χ2v) is 5.00. The molecule has 4 rings (SSSR count). The standard InChI is InChI=1S/C12H21N5/c1-2-17-10(3-4-14-17)12(13)11-9-15-5-7-16(11)8-6-15/h3-4,11-12H,2,5-9,13H2,1H3. The van der Waals surface area contributed by atoms with Gasteiger partial charge in [-0.25, -0.2) is 0 Å². The summed E-state index contributed by atoms with van der Waals surface area (Å²) in [5, 5.41) is 4.32. The maximum absolute atomic E-state index is 6.45. The Morgan fingerprint density at radius 3 is 2.76 bits per heavy atom. The molecule has 0 aliphatic carbocycles. The summed E-state index contributed by atoms with van der Waals surface area (Å²) in [7, 11) is 0. The number of hydrogen-bond acceptors (Lipinski definition) is 4. The van der Waals surface area contributed by atoms with E-state index in [1.807, 2.05) is 10.9 Å². The molecular formula is C12H21N5. The first kappa shape index (κ1) is 11.2. The van der Waals surface area contributed by atoms with Crippen molar-refractivity contribution in [2.24, 2.45) is 5.73 Å². The van der Waals surface area contributed by atoms with Crippen LogP contribution in [0.2, 0.25) is 0 Å². The van der Waals surface area contributed by atoms with Gasteiger partial charge in [0.15, 0.2) is 0 Å². The lowest BCUT2D eigenvalue weighted by Gasteiger charge is -2.49. The Kier molecular flexibility index (Phi) is 2.90. The number of aryl methyl sites for hydroxylation is 1.